The molecule has 0 spiro atoms. The number of para-hydroxylation sites is 5. The summed E-state index contributed by atoms with van der Waals surface area (Å²) in [6.45, 7) is 0. The van der Waals surface area contributed by atoms with Crippen LogP contribution < -0.4 is 0 Å². The van der Waals surface area contributed by atoms with Gasteiger partial charge in [0.25, 0.3) is 0 Å². The monoisotopic (exact) mass is 791 g/mol. The van der Waals surface area contributed by atoms with E-state index in [0.717, 1.165) is 72.4 Å². The van der Waals surface area contributed by atoms with E-state index in [0.29, 0.717) is 17.5 Å². The van der Waals surface area contributed by atoms with Gasteiger partial charge in [-0.15, -0.1) is 0 Å². The zero-order chi connectivity index (χ0) is 41.0. The van der Waals surface area contributed by atoms with E-state index >= 15 is 0 Å². The number of benzene rings is 9. The fourth-order valence-corrected chi connectivity index (χ4v) is 9.31. The lowest BCUT2D eigenvalue weighted by Gasteiger charge is -2.20. The molecule has 12 aromatic rings. The normalized spacial score (nSPS) is 11.5. The van der Waals surface area contributed by atoms with Crippen molar-refractivity contribution in [3.8, 4) is 67.8 Å². The van der Waals surface area contributed by atoms with Gasteiger partial charge in [0, 0.05) is 38.2 Å². The Balaban J connectivity index is 1.22. The Labute approximate surface area is 358 Å². The minimum Gasteiger partial charge on any atom is -0.308 e. The maximum absolute atomic E-state index is 5.63. The van der Waals surface area contributed by atoms with Crippen LogP contribution >= 0.6 is 0 Å². The second-order valence-electron chi connectivity index (χ2n) is 15.5. The van der Waals surface area contributed by atoms with Crippen LogP contribution in [0.3, 0.4) is 0 Å². The lowest BCUT2D eigenvalue weighted by atomic mass is 9.96. The third-order valence-electron chi connectivity index (χ3n) is 12.0. The van der Waals surface area contributed by atoms with Crippen molar-refractivity contribution in [1.82, 2.24) is 24.1 Å². The van der Waals surface area contributed by atoms with Crippen LogP contribution in [0.15, 0.2) is 224 Å². The number of rotatable bonds is 7. The molecule has 0 unspecified atom stereocenters. The highest BCUT2D eigenvalue weighted by atomic mass is 15.1. The van der Waals surface area contributed by atoms with Crippen LogP contribution in [0.2, 0.25) is 0 Å². The number of fused-ring (bicyclic) bond motifs is 6. The van der Waals surface area contributed by atoms with E-state index in [1.165, 1.54) is 21.5 Å². The van der Waals surface area contributed by atoms with Gasteiger partial charge in [0.15, 0.2) is 17.5 Å². The molecule has 0 aliphatic rings. The molecule has 9 aromatic carbocycles. The topological polar surface area (TPSA) is 48.5 Å². The minimum atomic E-state index is 0.583. The van der Waals surface area contributed by atoms with Gasteiger partial charge in [0.05, 0.1) is 39.0 Å². The van der Waals surface area contributed by atoms with Crippen molar-refractivity contribution in [2.24, 2.45) is 0 Å². The molecule has 0 aliphatic carbocycles. The van der Waals surface area contributed by atoms with Crippen molar-refractivity contribution in [2.75, 3.05) is 0 Å². The number of hydrogen-bond donors (Lipinski definition) is 0. The highest BCUT2D eigenvalue weighted by Gasteiger charge is 2.25. The van der Waals surface area contributed by atoms with Crippen LogP contribution in [0.5, 0.6) is 0 Å². The standard InChI is InChI=1S/C57H37N5/c1-4-20-38(21-5-1)41-30-19-37-52(61-48-33-14-10-26-43(48)44-27-11-15-34-49(44)61)53(41)57-59-55(40-24-8-3-9-25-40)58-56(60-57)47-32-18-31-42(39-22-6-2-7-23-39)54(47)62-50-35-16-12-28-45(50)46-29-13-17-36-51(46)62/h1-37H. The number of nitrogens with zero attached hydrogens (tertiary/aromatic N) is 5. The van der Waals surface area contributed by atoms with Gasteiger partial charge in [0.1, 0.15) is 0 Å². The molecule has 0 bridgehead atoms. The Morgan fingerprint density at radius 3 is 1.19 bits per heavy atom. The summed E-state index contributed by atoms with van der Waals surface area (Å²) in [5.41, 5.74) is 13.4. The van der Waals surface area contributed by atoms with Crippen molar-refractivity contribution < 1.29 is 0 Å². The van der Waals surface area contributed by atoms with Crippen LogP contribution in [0.1, 0.15) is 0 Å². The maximum atomic E-state index is 5.63. The first-order chi connectivity index (χ1) is 30.8. The predicted octanol–water partition coefficient (Wildman–Crippen LogP) is 14.4. The van der Waals surface area contributed by atoms with E-state index in [-0.39, 0.29) is 0 Å². The second kappa shape index (κ2) is 14.7. The Morgan fingerprint density at radius 1 is 0.258 bits per heavy atom. The largest absolute Gasteiger partial charge is 0.308 e. The van der Waals surface area contributed by atoms with E-state index in [2.05, 4.69) is 215 Å². The highest BCUT2D eigenvalue weighted by Crippen LogP contribution is 2.44. The molecule has 0 aliphatic heterocycles. The molecule has 62 heavy (non-hydrogen) atoms. The zero-order valence-electron chi connectivity index (χ0n) is 33.6. The first-order valence-electron chi connectivity index (χ1n) is 21.0. The third-order valence-corrected chi connectivity index (χ3v) is 12.0. The minimum absolute atomic E-state index is 0.583. The predicted molar refractivity (Wildman–Crippen MR) is 256 cm³/mol. The van der Waals surface area contributed by atoms with E-state index in [1.807, 2.05) is 18.2 Å². The summed E-state index contributed by atoms with van der Waals surface area (Å²) in [4.78, 5) is 16.5. The van der Waals surface area contributed by atoms with Crippen molar-refractivity contribution in [3.63, 3.8) is 0 Å². The number of aromatic nitrogens is 5. The first-order valence-corrected chi connectivity index (χ1v) is 21.0. The molecule has 0 fully saturated rings. The Bertz CT molecular complexity index is 3520. The fraction of sp³-hybridized carbons (Fsp3) is 0. The second-order valence-corrected chi connectivity index (χ2v) is 15.5. The molecule has 3 aromatic heterocycles. The van der Waals surface area contributed by atoms with Gasteiger partial charge in [-0.25, -0.2) is 15.0 Å². The van der Waals surface area contributed by atoms with Crippen LogP contribution in [-0.4, -0.2) is 24.1 Å². The Morgan fingerprint density at radius 2 is 0.645 bits per heavy atom. The lowest BCUT2D eigenvalue weighted by molar-refractivity contribution is 1.06. The summed E-state index contributed by atoms with van der Waals surface area (Å²) < 4.78 is 4.77. The molecule has 5 heteroatoms. The molecule has 0 amide bonds. The van der Waals surface area contributed by atoms with Crippen LogP contribution in [0.4, 0.5) is 0 Å². The molecular weight excluding hydrogens is 755 g/mol. The van der Waals surface area contributed by atoms with E-state index < -0.39 is 0 Å². The summed E-state index contributed by atoms with van der Waals surface area (Å²) >= 11 is 0. The molecule has 0 N–H and O–H groups in total. The van der Waals surface area contributed by atoms with Crippen molar-refractivity contribution in [3.05, 3.63) is 224 Å². The van der Waals surface area contributed by atoms with Gasteiger partial charge < -0.3 is 9.13 Å². The zero-order valence-corrected chi connectivity index (χ0v) is 33.6. The van der Waals surface area contributed by atoms with Crippen molar-refractivity contribution >= 4 is 43.6 Å². The Hall–Kier alpha value is -8.41. The molecule has 290 valence electrons. The molecular formula is C57H37N5. The highest BCUT2D eigenvalue weighted by molar-refractivity contribution is 6.11. The van der Waals surface area contributed by atoms with Gasteiger partial charge in [-0.3, -0.25) is 0 Å². The van der Waals surface area contributed by atoms with Gasteiger partial charge in [0.2, 0.25) is 0 Å². The fourth-order valence-electron chi connectivity index (χ4n) is 9.31. The van der Waals surface area contributed by atoms with E-state index in [9.17, 15) is 0 Å². The van der Waals surface area contributed by atoms with Gasteiger partial charge in [-0.05, 0) is 53.1 Å². The number of hydrogen-bond acceptors (Lipinski definition) is 3. The summed E-state index contributed by atoms with van der Waals surface area (Å²) in [5.74, 6) is 1.77. The molecule has 5 nitrogen and oxygen atoms in total. The van der Waals surface area contributed by atoms with E-state index in [1.54, 1.807) is 0 Å². The Kier molecular flexibility index (Phi) is 8.42. The van der Waals surface area contributed by atoms with Crippen molar-refractivity contribution in [2.45, 2.75) is 0 Å². The van der Waals surface area contributed by atoms with Gasteiger partial charge in [-0.1, -0.05) is 188 Å². The summed E-state index contributed by atoms with van der Waals surface area (Å²) in [6.07, 6.45) is 0. The first kappa shape index (κ1) is 35.5. The third kappa shape index (κ3) is 5.75. The maximum Gasteiger partial charge on any atom is 0.166 e. The summed E-state index contributed by atoms with van der Waals surface area (Å²) in [7, 11) is 0. The van der Waals surface area contributed by atoms with Crippen LogP contribution in [-0.2, 0) is 0 Å². The smallest absolute Gasteiger partial charge is 0.166 e. The average Bonchev–Trinajstić information content (AvgIpc) is 3.87. The van der Waals surface area contributed by atoms with E-state index in [4.69, 9.17) is 15.0 Å². The average molecular weight is 792 g/mol. The van der Waals surface area contributed by atoms with Gasteiger partial charge >= 0.3 is 0 Å². The summed E-state index contributed by atoms with van der Waals surface area (Å²) in [6, 6.07) is 79.1. The molecule has 0 saturated carbocycles. The molecule has 12 rings (SSSR count). The summed E-state index contributed by atoms with van der Waals surface area (Å²) in [5, 5.41) is 4.75. The quantitative estimate of drug-likeness (QED) is 0.162. The van der Waals surface area contributed by atoms with Gasteiger partial charge in [-0.2, -0.15) is 0 Å². The molecule has 0 radical (unpaired) electrons. The van der Waals surface area contributed by atoms with Crippen molar-refractivity contribution in [1.29, 1.82) is 0 Å². The van der Waals surface area contributed by atoms with Crippen LogP contribution in [0, 0.1) is 0 Å². The molecule has 0 saturated heterocycles. The lowest BCUT2D eigenvalue weighted by Crippen LogP contribution is -2.07. The van der Waals surface area contributed by atoms with Crippen LogP contribution in [0.25, 0.3) is 111 Å². The molecule has 0 atom stereocenters. The SMILES string of the molecule is c1ccc(-c2nc(-c3cccc(-c4ccccc4)c3-n3c4ccccc4c4ccccc43)nc(-c3c(-c4ccccc4)cccc3-n3c4ccccc4c4ccccc43)n2)cc1. The molecule has 3 heterocycles.